The number of rotatable bonds is 6. The lowest BCUT2D eigenvalue weighted by Crippen LogP contribution is -2.30. The molecule has 1 heterocycles. The van der Waals surface area contributed by atoms with E-state index in [-0.39, 0.29) is 0 Å². The van der Waals surface area contributed by atoms with E-state index in [1.165, 1.54) is 49.1 Å². The van der Waals surface area contributed by atoms with Crippen molar-refractivity contribution in [3.63, 3.8) is 0 Å². The lowest BCUT2D eigenvalue weighted by atomic mass is 10.2. The van der Waals surface area contributed by atoms with Gasteiger partial charge in [0.2, 0.25) is 0 Å². The van der Waals surface area contributed by atoms with E-state index in [0.29, 0.717) is 0 Å². The Kier molecular flexibility index (Phi) is 3.16. The molecule has 0 atom stereocenters. The number of aromatic nitrogens is 2. The van der Waals surface area contributed by atoms with E-state index in [1.54, 1.807) is 0 Å². The van der Waals surface area contributed by atoms with E-state index >= 15 is 0 Å². The van der Waals surface area contributed by atoms with Gasteiger partial charge in [-0.25, -0.2) is 0 Å². The molecule has 4 nitrogen and oxygen atoms in total. The predicted octanol–water partition coefficient (Wildman–Crippen LogP) is 1.08. The number of nitrogens with zero attached hydrogens (tertiary/aromatic N) is 2. The zero-order valence-corrected chi connectivity index (χ0v) is 10.6. The minimum Gasteiger partial charge on any atom is -0.313 e. The normalized spacial score (nSPS) is 18.9. The van der Waals surface area contributed by atoms with E-state index in [0.717, 1.165) is 25.7 Å². The molecule has 0 spiro atoms. The van der Waals surface area contributed by atoms with Gasteiger partial charge in [-0.2, -0.15) is 5.10 Å². The number of likely N-dealkylation sites (N-methyl/N-ethyl adjacent to an activating group) is 1. The summed E-state index contributed by atoms with van der Waals surface area (Å²) in [4.78, 5) is 2.37. The van der Waals surface area contributed by atoms with Crippen molar-refractivity contribution in [2.75, 3.05) is 20.1 Å². The molecule has 1 aromatic heterocycles. The van der Waals surface area contributed by atoms with E-state index in [1.807, 2.05) is 0 Å². The molecular weight excluding hydrogens is 212 g/mol. The second kappa shape index (κ2) is 4.78. The highest BCUT2D eigenvalue weighted by Crippen LogP contribution is 2.23. The van der Waals surface area contributed by atoms with Crippen LogP contribution in [0.1, 0.15) is 36.2 Å². The zero-order valence-electron chi connectivity index (χ0n) is 10.6. The Morgan fingerprint density at radius 1 is 1.41 bits per heavy atom. The third-order valence-corrected chi connectivity index (χ3v) is 3.82. The molecule has 0 bridgehead atoms. The lowest BCUT2D eigenvalue weighted by molar-refractivity contribution is 0.319. The van der Waals surface area contributed by atoms with Crippen molar-refractivity contribution in [1.29, 1.82) is 0 Å². The molecular formula is C13H22N4. The standard InChI is InChI=1S/C13H22N4/c1-17(8-7-14-10-5-6-10)9-13-11-3-2-4-12(11)15-16-13/h10,14H,2-9H2,1H3,(H,15,16). The molecule has 0 amide bonds. The monoisotopic (exact) mass is 234 g/mol. The maximum absolute atomic E-state index is 4.45. The molecule has 2 aliphatic rings. The highest BCUT2D eigenvalue weighted by atomic mass is 15.2. The van der Waals surface area contributed by atoms with Crippen molar-refractivity contribution in [3.8, 4) is 0 Å². The molecule has 17 heavy (non-hydrogen) atoms. The zero-order chi connectivity index (χ0) is 11.7. The largest absolute Gasteiger partial charge is 0.313 e. The highest BCUT2D eigenvalue weighted by Gasteiger charge is 2.21. The summed E-state index contributed by atoms with van der Waals surface area (Å²) in [6.07, 6.45) is 6.45. The second-order valence-electron chi connectivity index (χ2n) is 5.45. The second-order valence-corrected chi connectivity index (χ2v) is 5.45. The smallest absolute Gasteiger partial charge is 0.0796 e. The third kappa shape index (κ3) is 2.69. The van der Waals surface area contributed by atoms with E-state index < -0.39 is 0 Å². The van der Waals surface area contributed by atoms with Crippen LogP contribution in [0.25, 0.3) is 0 Å². The first-order valence-corrected chi connectivity index (χ1v) is 6.80. The number of nitrogens with one attached hydrogen (secondary N) is 2. The Morgan fingerprint density at radius 2 is 2.29 bits per heavy atom. The van der Waals surface area contributed by atoms with Gasteiger partial charge in [0.25, 0.3) is 0 Å². The molecule has 1 fully saturated rings. The summed E-state index contributed by atoms with van der Waals surface area (Å²) < 4.78 is 0. The molecule has 4 heteroatoms. The number of aromatic amines is 1. The first kappa shape index (κ1) is 11.2. The van der Waals surface area contributed by atoms with Crippen LogP contribution in [0.4, 0.5) is 0 Å². The van der Waals surface area contributed by atoms with Crippen molar-refractivity contribution in [1.82, 2.24) is 20.4 Å². The van der Waals surface area contributed by atoms with Crippen LogP contribution in [0.3, 0.4) is 0 Å². The van der Waals surface area contributed by atoms with Gasteiger partial charge < -0.3 is 5.32 Å². The molecule has 2 N–H and O–H groups in total. The Morgan fingerprint density at radius 3 is 3.12 bits per heavy atom. The van der Waals surface area contributed by atoms with Gasteiger partial charge in [-0.15, -0.1) is 0 Å². The summed E-state index contributed by atoms with van der Waals surface area (Å²) in [5, 5.41) is 11.2. The molecule has 1 saturated carbocycles. The van der Waals surface area contributed by atoms with E-state index in [9.17, 15) is 0 Å². The fourth-order valence-electron chi connectivity index (χ4n) is 2.60. The van der Waals surface area contributed by atoms with Crippen LogP contribution in [-0.4, -0.2) is 41.3 Å². The van der Waals surface area contributed by atoms with Crippen LogP contribution < -0.4 is 5.32 Å². The van der Waals surface area contributed by atoms with Crippen molar-refractivity contribution in [2.45, 2.75) is 44.7 Å². The van der Waals surface area contributed by atoms with Crippen LogP contribution in [-0.2, 0) is 19.4 Å². The fourth-order valence-corrected chi connectivity index (χ4v) is 2.60. The van der Waals surface area contributed by atoms with Gasteiger partial charge in [0.15, 0.2) is 0 Å². The average Bonchev–Trinajstić information content (AvgIpc) is 2.88. The molecule has 0 radical (unpaired) electrons. The molecule has 0 saturated heterocycles. The van der Waals surface area contributed by atoms with Gasteiger partial charge >= 0.3 is 0 Å². The molecule has 94 valence electrons. The van der Waals surface area contributed by atoms with Crippen LogP contribution in [0.15, 0.2) is 0 Å². The van der Waals surface area contributed by atoms with Crippen LogP contribution >= 0.6 is 0 Å². The summed E-state index contributed by atoms with van der Waals surface area (Å²) in [5.41, 5.74) is 4.14. The minimum absolute atomic E-state index is 0.818. The maximum atomic E-state index is 4.45. The molecule has 0 unspecified atom stereocenters. The quantitative estimate of drug-likeness (QED) is 0.774. The molecule has 1 aromatic rings. The van der Waals surface area contributed by atoms with Crippen LogP contribution in [0.2, 0.25) is 0 Å². The minimum atomic E-state index is 0.818. The van der Waals surface area contributed by atoms with Crippen molar-refractivity contribution >= 4 is 0 Å². The average molecular weight is 234 g/mol. The van der Waals surface area contributed by atoms with Gasteiger partial charge in [-0.05, 0) is 44.7 Å². The van der Waals surface area contributed by atoms with Crippen molar-refractivity contribution < 1.29 is 0 Å². The topological polar surface area (TPSA) is 44.0 Å². The summed E-state index contributed by atoms with van der Waals surface area (Å²) >= 11 is 0. The Labute approximate surface area is 103 Å². The Balaban J connectivity index is 1.47. The summed E-state index contributed by atoms with van der Waals surface area (Å²) in [5.74, 6) is 0. The van der Waals surface area contributed by atoms with Gasteiger partial charge in [0, 0.05) is 31.4 Å². The van der Waals surface area contributed by atoms with Gasteiger partial charge in [-0.1, -0.05) is 0 Å². The SMILES string of the molecule is CN(CCNC1CC1)Cc1n[nH]c2c1CCC2. The van der Waals surface area contributed by atoms with Crippen molar-refractivity contribution in [3.05, 3.63) is 17.0 Å². The molecule has 0 aliphatic heterocycles. The van der Waals surface area contributed by atoms with Crippen LogP contribution in [0.5, 0.6) is 0 Å². The van der Waals surface area contributed by atoms with Crippen molar-refractivity contribution in [2.24, 2.45) is 0 Å². The summed E-state index contributed by atoms with van der Waals surface area (Å²) in [7, 11) is 2.19. The van der Waals surface area contributed by atoms with Crippen LogP contribution in [0, 0.1) is 0 Å². The van der Waals surface area contributed by atoms with Gasteiger partial charge in [0.1, 0.15) is 0 Å². The maximum Gasteiger partial charge on any atom is 0.0796 e. The number of fused-ring (bicyclic) bond motifs is 1. The molecule has 0 aromatic carbocycles. The highest BCUT2D eigenvalue weighted by molar-refractivity contribution is 5.29. The summed E-state index contributed by atoms with van der Waals surface area (Å²) in [6.45, 7) is 3.20. The Hall–Kier alpha value is -0.870. The van der Waals surface area contributed by atoms with E-state index in [4.69, 9.17) is 0 Å². The Bertz CT molecular complexity index is 381. The predicted molar refractivity (Wildman–Crippen MR) is 68.0 cm³/mol. The first-order chi connectivity index (χ1) is 8.33. The van der Waals surface area contributed by atoms with E-state index in [2.05, 4.69) is 27.5 Å². The third-order valence-electron chi connectivity index (χ3n) is 3.82. The first-order valence-electron chi connectivity index (χ1n) is 6.80. The number of aryl methyl sites for hydroxylation is 1. The number of H-pyrrole nitrogens is 1. The molecule has 3 rings (SSSR count). The fraction of sp³-hybridized carbons (Fsp3) is 0.769. The molecule has 2 aliphatic carbocycles. The summed E-state index contributed by atoms with van der Waals surface area (Å²) in [6, 6.07) is 0.818. The van der Waals surface area contributed by atoms with Gasteiger partial charge in [0.05, 0.1) is 5.69 Å². The number of hydrogen-bond acceptors (Lipinski definition) is 3. The lowest BCUT2D eigenvalue weighted by Gasteiger charge is -2.16. The van der Waals surface area contributed by atoms with Gasteiger partial charge in [-0.3, -0.25) is 10.00 Å². The number of hydrogen-bond donors (Lipinski definition) is 2.